The van der Waals surface area contributed by atoms with Crippen molar-refractivity contribution >= 4 is 5.78 Å². The molecule has 0 saturated heterocycles. The van der Waals surface area contributed by atoms with Gasteiger partial charge in [-0.2, -0.15) is 0 Å². The van der Waals surface area contributed by atoms with Crippen LogP contribution in [0.4, 0.5) is 0 Å². The van der Waals surface area contributed by atoms with Gasteiger partial charge in [0.2, 0.25) is 0 Å². The number of ketones is 1. The van der Waals surface area contributed by atoms with Gasteiger partial charge < -0.3 is 0 Å². The minimum absolute atomic E-state index is 0.213. The summed E-state index contributed by atoms with van der Waals surface area (Å²) in [6.07, 6.45) is 1.82. The lowest BCUT2D eigenvalue weighted by Gasteiger charge is -2.24. The van der Waals surface area contributed by atoms with Gasteiger partial charge in [-0.25, -0.2) is 0 Å². The van der Waals surface area contributed by atoms with Gasteiger partial charge in [0.05, 0.1) is 0 Å². The molecule has 0 heterocycles. The van der Waals surface area contributed by atoms with Gasteiger partial charge in [0.25, 0.3) is 0 Å². The Kier molecular flexibility index (Phi) is 1.72. The Bertz CT molecular complexity index is 315. The fourth-order valence-electron chi connectivity index (χ4n) is 1.65. The van der Waals surface area contributed by atoms with Crippen molar-refractivity contribution in [1.82, 2.24) is 0 Å². The zero-order valence-electron chi connectivity index (χ0n) is 7.21. The summed E-state index contributed by atoms with van der Waals surface area (Å²) in [6.45, 7) is 2.06. The Balaban J connectivity index is 2.28. The van der Waals surface area contributed by atoms with E-state index in [1.807, 2.05) is 6.07 Å². The Hall–Kier alpha value is -1.11. The highest BCUT2D eigenvalue weighted by Crippen LogP contribution is 2.32. The van der Waals surface area contributed by atoms with E-state index in [0.29, 0.717) is 5.78 Å². The van der Waals surface area contributed by atoms with Gasteiger partial charge in [0.15, 0.2) is 0 Å². The van der Waals surface area contributed by atoms with Crippen LogP contribution in [-0.4, -0.2) is 5.78 Å². The van der Waals surface area contributed by atoms with Crippen molar-refractivity contribution in [3.05, 3.63) is 35.4 Å². The smallest absolute Gasteiger partial charge is 0.140 e. The van der Waals surface area contributed by atoms with E-state index in [0.717, 1.165) is 12.8 Å². The van der Waals surface area contributed by atoms with E-state index >= 15 is 0 Å². The molecule has 0 radical (unpaired) electrons. The van der Waals surface area contributed by atoms with Crippen molar-refractivity contribution < 1.29 is 4.79 Å². The highest BCUT2D eigenvalue weighted by Gasteiger charge is 2.29. The molecule has 1 atom stereocenters. The van der Waals surface area contributed by atoms with Crippen LogP contribution in [0.25, 0.3) is 0 Å². The van der Waals surface area contributed by atoms with Crippen molar-refractivity contribution in [2.24, 2.45) is 0 Å². The number of benzene rings is 1. The molecule has 1 unspecified atom stereocenters. The van der Waals surface area contributed by atoms with E-state index in [-0.39, 0.29) is 5.92 Å². The first-order chi connectivity index (χ1) is 5.77. The zero-order chi connectivity index (χ0) is 8.55. The first-order valence-electron chi connectivity index (χ1n) is 4.36. The molecule has 0 spiro atoms. The van der Waals surface area contributed by atoms with Crippen molar-refractivity contribution in [1.29, 1.82) is 0 Å². The highest BCUT2D eigenvalue weighted by atomic mass is 16.1. The number of hydrogen-bond acceptors (Lipinski definition) is 1. The van der Waals surface area contributed by atoms with Gasteiger partial charge in [-0.3, -0.25) is 4.79 Å². The summed E-state index contributed by atoms with van der Waals surface area (Å²) in [5.74, 6) is 0.616. The van der Waals surface area contributed by atoms with E-state index in [4.69, 9.17) is 0 Å². The summed E-state index contributed by atoms with van der Waals surface area (Å²) in [5.41, 5.74) is 2.44. The van der Waals surface area contributed by atoms with Crippen LogP contribution in [0, 0.1) is 6.92 Å². The van der Waals surface area contributed by atoms with E-state index in [1.165, 1.54) is 11.1 Å². The molecule has 1 aliphatic rings. The topological polar surface area (TPSA) is 17.1 Å². The SMILES string of the molecule is Cc1cccc(C2CCC2=O)c1. The number of carbonyl (C=O) groups excluding carboxylic acids is 1. The molecule has 12 heavy (non-hydrogen) atoms. The van der Waals surface area contributed by atoms with Gasteiger partial charge >= 0.3 is 0 Å². The molecule has 0 N–H and O–H groups in total. The third kappa shape index (κ3) is 1.15. The number of carbonyl (C=O) groups is 1. The molecule has 1 aromatic carbocycles. The summed E-state index contributed by atoms with van der Waals surface area (Å²) < 4.78 is 0. The molecular formula is C11H12O. The quantitative estimate of drug-likeness (QED) is 0.616. The second-order valence-corrected chi connectivity index (χ2v) is 3.47. The zero-order valence-corrected chi connectivity index (χ0v) is 7.21. The maximum absolute atomic E-state index is 11.1. The number of Topliss-reactive ketones (excluding diaryl/α,β-unsaturated/α-hetero) is 1. The van der Waals surface area contributed by atoms with Crippen LogP contribution >= 0.6 is 0 Å². The number of rotatable bonds is 1. The van der Waals surface area contributed by atoms with Gasteiger partial charge in [-0.15, -0.1) is 0 Å². The summed E-state index contributed by atoms with van der Waals surface area (Å²) in [5, 5.41) is 0. The molecule has 0 bridgehead atoms. The Labute approximate surface area is 72.4 Å². The molecule has 1 fully saturated rings. The lowest BCUT2D eigenvalue weighted by atomic mass is 9.78. The molecule has 1 saturated carbocycles. The van der Waals surface area contributed by atoms with Crippen LogP contribution < -0.4 is 0 Å². The molecular weight excluding hydrogens is 148 g/mol. The molecule has 1 aromatic rings. The van der Waals surface area contributed by atoms with Crippen LogP contribution in [0.3, 0.4) is 0 Å². The van der Waals surface area contributed by atoms with E-state index in [2.05, 4.69) is 25.1 Å². The van der Waals surface area contributed by atoms with Crippen LogP contribution in [0.2, 0.25) is 0 Å². The first kappa shape index (κ1) is 7.53. The second-order valence-electron chi connectivity index (χ2n) is 3.47. The average Bonchev–Trinajstić information content (AvgIpc) is 2.02. The maximum atomic E-state index is 11.1. The van der Waals surface area contributed by atoms with Crippen molar-refractivity contribution in [2.45, 2.75) is 25.7 Å². The predicted molar refractivity (Wildman–Crippen MR) is 48.2 cm³/mol. The van der Waals surface area contributed by atoms with Crippen LogP contribution in [0.1, 0.15) is 29.9 Å². The monoisotopic (exact) mass is 160 g/mol. The third-order valence-corrected chi connectivity index (χ3v) is 2.51. The Morgan fingerprint density at radius 2 is 2.25 bits per heavy atom. The second kappa shape index (κ2) is 2.74. The van der Waals surface area contributed by atoms with Crippen LogP contribution in [0.15, 0.2) is 24.3 Å². The van der Waals surface area contributed by atoms with Crippen LogP contribution in [0.5, 0.6) is 0 Å². The number of aryl methyl sites for hydroxylation is 1. The summed E-state index contributed by atoms with van der Waals surface area (Å²) in [4.78, 5) is 11.1. The lowest BCUT2D eigenvalue weighted by Crippen LogP contribution is -2.23. The van der Waals surface area contributed by atoms with Crippen LogP contribution in [-0.2, 0) is 4.79 Å². The molecule has 0 aromatic heterocycles. The summed E-state index contributed by atoms with van der Waals surface area (Å²) in [7, 11) is 0. The molecule has 0 amide bonds. The maximum Gasteiger partial charge on any atom is 0.140 e. The molecule has 1 nitrogen and oxygen atoms in total. The minimum Gasteiger partial charge on any atom is -0.299 e. The Morgan fingerprint density at radius 3 is 2.75 bits per heavy atom. The van der Waals surface area contributed by atoms with E-state index in [1.54, 1.807) is 0 Å². The Morgan fingerprint density at radius 1 is 1.42 bits per heavy atom. The fraction of sp³-hybridized carbons (Fsp3) is 0.364. The van der Waals surface area contributed by atoms with E-state index in [9.17, 15) is 4.79 Å². The molecule has 1 heteroatoms. The van der Waals surface area contributed by atoms with Gasteiger partial charge in [0, 0.05) is 12.3 Å². The van der Waals surface area contributed by atoms with Gasteiger partial charge in [-0.05, 0) is 18.9 Å². The predicted octanol–water partition coefficient (Wildman–Crippen LogP) is 2.44. The van der Waals surface area contributed by atoms with Gasteiger partial charge in [-0.1, -0.05) is 29.8 Å². The number of hydrogen-bond donors (Lipinski definition) is 0. The third-order valence-electron chi connectivity index (χ3n) is 2.51. The largest absolute Gasteiger partial charge is 0.299 e. The highest BCUT2D eigenvalue weighted by molar-refractivity contribution is 5.91. The summed E-state index contributed by atoms with van der Waals surface area (Å²) >= 11 is 0. The standard InChI is InChI=1S/C11H12O/c1-8-3-2-4-9(7-8)10-5-6-11(10)12/h2-4,7,10H,5-6H2,1H3. The van der Waals surface area contributed by atoms with Crippen molar-refractivity contribution in [3.8, 4) is 0 Å². The van der Waals surface area contributed by atoms with Crippen molar-refractivity contribution in [2.75, 3.05) is 0 Å². The van der Waals surface area contributed by atoms with Crippen molar-refractivity contribution in [3.63, 3.8) is 0 Å². The average molecular weight is 160 g/mol. The lowest BCUT2D eigenvalue weighted by molar-refractivity contribution is -0.125. The van der Waals surface area contributed by atoms with E-state index < -0.39 is 0 Å². The van der Waals surface area contributed by atoms with Gasteiger partial charge in [0.1, 0.15) is 5.78 Å². The first-order valence-corrected chi connectivity index (χ1v) is 4.36. The molecule has 62 valence electrons. The molecule has 0 aliphatic heterocycles. The minimum atomic E-state index is 0.213. The molecule has 2 rings (SSSR count). The summed E-state index contributed by atoms with van der Waals surface area (Å²) in [6, 6.07) is 8.25. The normalized spacial score (nSPS) is 22.1. The fourth-order valence-corrected chi connectivity index (χ4v) is 1.65. The molecule has 1 aliphatic carbocycles.